The molecule has 0 amide bonds. The molecule has 1 aliphatic heterocycles. The van der Waals surface area contributed by atoms with Crippen LogP contribution in [-0.4, -0.2) is 58.5 Å². The molecular weight excluding hydrogens is 244 g/mol. The van der Waals surface area contributed by atoms with Gasteiger partial charge in [-0.1, -0.05) is 6.07 Å². The second-order valence-corrected chi connectivity index (χ2v) is 4.43. The van der Waals surface area contributed by atoms with Gasteiger partial charge in [0.1, 0.15) is 6.61 Å². The monoisotopic (exact) mass is 266 g/mol. The summed E-state index contributed by atoms with van der Waals surface area (Å²) in [5, 5.41) is 3.34. The highest BCUT2D eigenvalue weighted by molar-refractivity contribution is 5.51. The van der Waals surface area contributed by atoms with Crippen LogP contribution in [0.25, 0.3) is 0 Å². The predicted molar refractivity (Wildman–Crippen MR) is 74.4 cm³/mol. The van der Waals surface area contributed by atoms with Crippen molar-refractivity contribution in [2.24, 2.45) is 0 Å². The van der Waals surface area contributed by atoms with Gasteiger partial charge < -0.3 is 19.5 Å². The van der Waals surface area contributed by atoms with Crippen molar-refractivity contribution in [1.29, 1.82) is 0 Å². The number of nitrogens with one attached hydrogen (secondary N) is 1. The second kappa shape index (κ2) is 7.21. The topological polar surface area (TPSA) is 43.0 Å². The third-order valence-corrected chi connectivity index (χ3v) is 3.25. The first kappa shape index (κ1) is 14.0. The van der Waals surface area contributed by atoms with Gasteiger partial charge in [-0.15, -0.1) is 0 Å². The van der Waals surface area contributed by atoms with Crippen LogP contribution < -0.4 is 19.5 Å². The molecule has 0 spiro atoms. The lowest BCUT2D eigenvalue weighted by Gasteiger charge is -2.27. The standard InChI is InChI=1S/C14H22N2O3/c1-17-12-4-3-5-13(18-2)14(12)19-11-10-16-8-6-15-7-9-16/h3-5,15H,6-11H2,1-2H3. The summed E-state index contributed by atoms with van der Waals surface area (Å²) in [6.45, 7) is 5.81. The summed E-state index contributed by atoms with van der Waals surface area (Å²) in [7, 11) is 3.27. The van der Waals surface area contributed by atoms with E-state index in [1.54, 1.807) is 14.2 Å². The lowest BCUT2D eigenvalue weighted by atomic mass is 10.3. The molecule has 106 valence electrons. The van der Waals surface area contributed by atoms with Crippen LogP contribution in [0.4, 0.5) is 0 Å². The normalized spacial score (nSPS) is 16.1. The highest BCUT2D eigenvalue weighted by Crippen LogP contribution is 2.36. The van der Waals surface area contributed by atoms with E-state index in [0.717, 1.165) is 32.7 Å². The Morgan fingerprint density at radius 2 is 1.74 bits per heavy atom. The number of ether oxygens (including phenoxy) is 3. The van der Waals surface area contributed by atoms with E-state index in [2.05, 4.69) is 10.2 Å². The van der Waals surface area contributed by atoms with Crippen LogP contribution >= 0.6 is 0 Å². The van der Waals surface area contributed by atoms with Gasteiger partial charge in [0.05, 0.1) is 14.2 Å². The first-order chi connectivity index (χ1) is 9.35. The molecule has 1 aromatic rings. The molecule has 19 heavy (non-hydrogen) atoms. The maximum atomic E-state index is 5.84. The molecule has 0 bridgehead atoms. The van der Waals surface area contributed by atoms with E-state index in [0.29, 0.717) is 23.9 Å². The number of benzene rings is 1. The maximum absolute atomic E-state index is 5.84. The Bertz CT molecular complexity index is 370. The van der Waals surface area contributed by atoms with Gasteiger partial charge in [0.2, 0.25) is 5.75 Å². The minimum Gasteiger partial charge on any atom is -0.493 e. The summed E-state index contributed by atoms with van der Waals surface area (Å²) < 4.78 is 16.4. The van der Waals surface area contributed by atoms with Crippen molar-refractivity contribution in [3.63, 3.8) is 0 Å². The molecule has 1 heterocycles. The van der Waals surface area contributed by atoms with E-state index in [9.17, 15) is 0 Å². The van der Waals surface area contributed by atoms with Crippen molar-refractivity contribution in [2.45, 2.75) is 0 Å². The van der Waals surface area contributed by atoms with Crippen LogP contribution in [0.2, 0.25) is 0 Å². The lowest BCUT2D eigenvalue weighted by molar-refractivity contribution is 0.184. The molecule has 0 atom stereocenters. The SMILES string of the molecule is COc1cccc(OC)c1OCCN1CCNCC1. The Labute approximate surface area is 114 Å². The average molecular weight is 266 g/mol. The Balaban J connectivity index is 1.90. The van der Waals surface area contributed by atoms with Crippen LogP contribution in [0, 0.1) is 0 Å². The van der Waals surface area contributed by atoms with Crippen LogP contribution in [0.3, 0.4) is 0 Å². The predicted octanol–water partition coefficient (Wildman–Crippen LogP) is 0.988. The third kappa shape index (κ3) is 3.75. The summed E-state index contributed by atoms with van der Waals surface area (Å²) in [6.07, 6.45) is 0. The number of nitrogens with zero attached hydrogens (tertiary/aromatic N) is 1. The number of hydrogen-bond acceptors (Lipinski definition) is 5. The molecule has 0 unspecified atom stereocenters. The second-order valence-electron chi connectivity index (χ2n) is 4.43. The van der Waals surface area contributed by atoms with E-state index >= 15 is 0 Å². The molecule has 2 rings (SSSR count). The van der Waals surface area contributed by atoms with Crippen molar-refractivity contribution < 1.29 is 14.2 Å². The third-order valence-electron chi connectivity index (χ3n) is 3.25. The smallest absolute Gasteiger partial charge is 0.203 e. The molecule has 0 saturated carbocycles. The molecule has 5 nitrogen and oxygen atoms in total. The average Bonchev–Trinajstić information content (AvgIpc) is 2.48. The molecule has 1 N–H and O–H groups in total. The van der Waals surface area contributed by atoms with Crippen LogP contribution in [0.1, 0.15) is 0 Å². The molecule has 1 aliphatic rings. The lowest BCUT2D eigenvalue weighted by Crippen LogP contribution is -2.44. The Kier molecular flexibility index (Phi) is 5.30. The highest BCUT2D eigenvalue weighted by atomic mass is 16.5. The van der Waals surface area contributed by atoms with Gasteiger partial charge in [0, 0.05) is 32.7 Å². The molecular formula is C14H22N2O3. The number of hydrogen-bond donors (Lipinski definition) is 1. The molecule has 1 fully saturated rings. The summed E-state index contributed by atoms with van der Waals surface area (Å²) in [5.74, 6) is 2.10. The highest BCUT2D eigenvalue weighted by Gasteiger charge is 2.13. The zero-order chi connectivity index (χ0) is 13.5. The largest absolute Gasteiger partial charge is 0.493 e. The fourth-order valence-corrected chi connectivity index (χ4v) is 2.17. The van der Waals surface area contributed by atoms with Crippen molar-refractivity contribution in [2.75, 3.05) is 53.6 Å². The summed E-state index contributed by atoms with van der Waals surface area (Å²) >= 11 is 0. The molecule has 0 aliphatic carbocycles. The molecule has 5 heteroatoms. The summed E-state index contributed by atoms with van der Waals surface area (Å²) in [4.78, 5) is 2.39. The van der Waals surface area contributed by atoms with E-state index in [4.69, 9.17) is 14.2 Å². The van der Waals surface area contributed by atoms with E-state index in [1.807, 2.05) is 18.2 Å². The van der Waals surface area contributed by atoms with Gasteiger partial charge in [0.15, 0.2) is 11.5 Å². The van der Waals surface area contributed by atoms with Gasteiger partial charge in [0.25, 0.3) is 0 Å². The number of para-hydroxylation sites is 1. The Morgan fingerprint density at radius 3 is 2.32 bits per heavy atom. The van der Waals surface area contributed by atoms with Gasteiger partial charge >= 0.3 is 0 Å². The van der Waals surface area contributed by atoms with Gasteiger partial charge in [-0.25, -0.2) is 0 Å². The minimum absolute atomic E-state index is 0.636. The maximum Gasteiger partial charge on any atom is 0.203 e. The molecule has 0 radical (unpaired) electrons. The summed E-state index contributed by atoms with van der Waals surface area (Å²) in [5.41, 5.74) is 0. The van der Waals surface area contributed by atoms with Gasteiger partial charge in [-0.3, -0.25) is 4.90 Å². The molecule has 1 aromatic carbocycles. The fourth-order valence-electron chi connectivity index (χ4n) is 2.17. The quantitative estimate of drug-likeness (QED) is 0.831. The van der Waals surface area contributed by atoms with Gasteiger partial charge in [-0.2, -0.15) is 0 Å². The van der Waals surface area contributed by atoms with Crippen molar-refractivity contribution in [1.82, 2.24) is 10.2 Å². The Hall–Kier alpha value is -1.46. The number of piperazine rings is 1. The molecule has 0 aromatic heterocycles. The first-order valence-electron chi connectivity index (χ1n) is 6.62. The van der Waals surface area contributed by atoms with Gasteiger partial charge in [-0.05, 0) is 12.1 Å². The first-order valence-corrected chi connectivity index (χ1v) is 6.62. The van der Waals surface area contributed by atoms with Crippen LogP contribution in [0.15, 0.2) is 18.2 Å². The zero-order valence-electron chi connectivity index (χ0n) is 11.6. The minimum atomic E-state index is 0.636. The fraction of sp³-hybridized carbons (Fsp3) is 0.571. The van der Waals surface area contributed by atoms with Crippen LogP contribution in [-0.2, 0) is 0 Å². The van der Waals surface area contributed by atoms with Crippen LogP contribution in [0.5, 0.6) is 17.2 Å². The van der Waals surface area contributed by atoms with E-state index in [-0.39, 0.29) is 0 Å². The number of rotatable bonds is 6. The van der Waals surface area contributed by atoms with Crippen molar-refractivity contribution in [3.8, 4) is 17.2 Å². The van der Waals surface area contributed by atoms with Crippen molar-refractivity contribution in [3.05, 3.63) is 18.2 Å². The Morgan fingerprint density at radius 1 is 1.11 bits per heavy atom. The van der Waals surface area contributed by atoms with Crippen molar-refractivity contribution >= 4 is 0 Å². The zero-order valence-corrected chi connectivity index (χ0v) is 11.6. The van der Waals surface area contributed by atoms with E-state index < -0.39 is 0 Å². The molecule has 1 saturated heterocycles. The number of methoxy groups -OCH3 is 2. The summed E-state index contributed by atoms with van der Waals surface area (Å²) in [6, 6.07) is 5.65. The van der Waals surface area contributed by atoms with E-state index in [1.165, 1.54) is 0 Å².